The summed E-state index contributed by atoms with van der Waals surface area (Å²) in [6.07, 6.45) is 2.12. The van der Waals surface area contributed by atoms with Crippen LogP contribution in [0.4, 0.5) is 4.39 Å². The van der Waals surface area contributed by atoms with Gasteiger partial charge >= 0.3 is 0 Å². The summed E-state index contributed by atoms with van der Waals surface area (Å²) in [5.41, 5.74) is 0.505. The molecule has 0 bridgehead atoms. The van der Waals surface area contributed by atoms with Crippen LogP contribution in [0.15, 0.2) is 41.8 Å². The van der Waals surface area contributed by atoms with Crippen molar-refractivity contribution in [3.05, 3.63) is 53.4 Å². The molecule has 2 aliphatic rings. The highest BCUT2D eigenvalue weighted by Gasteiger charge is 2.32. The van der Waals surface area contributed by atoms with Gasteiger partial charge in [0.05, 0.1) is 16.6 Å². The Hall–Kier alpha value is -3.11. The lowest BCUT2D eigenvalue weighted by Crippen LogP contribution is -2.55. The predicted molar refractivity (Wildman–Crippen MR) is 123 cm³/mol. The summed E-state index contributed by atoms with van der Waals surface area (Å²) in [7, 11) is 0. The van der Waals surface area contributed by atoms with Gasteiger partial charge in [-0.2, -0.15) is 0 Å². The van der Waals surface area contributed by atoms with Crippen molar-refractivity contribution in [3.63, 3.8) is 0 Å². The number of hydrogen-bond donors (Lipinski definition) is 1. The molecule has 2 amide bonds. The monoisotopic (exact) mass is 468 g/mol. The molecule has 1 saturated heterocycles. The first-order valence-electron chi connectivity index (χ1n) is 11.1. The number of amides is 2. The molecule has 0 spiro atoms. The number of thiophene rings is 1. The van der Waals surface area contributed by atoms with Gasteiger partial charge in [-0.3, -0.25) is 14.5 Å². The molecular weight excluding hydrogens is 443 g/mol. The lowest BCUT2D eigenvalue weighted by Gasteiger charge is -2.37. The number of benzene rings is 1. The van der Waals surface area contributed by atoms with Crippen molar-refractivity contribution in [2.45, 2.75) is 31.8 Å². The zero-order valence-corrected chi connectivity index (χ0v) is 19.1. The van der Waals surface area contributed by atoms with Crippen molar-refractivity contribution in [1.29, 1.82) is 0 Å². The Kier molecular flexibility index (Phi) is 5.94. The van der Waals surface area contributed by atoms with E-state index < -0.39 is 0 Å². The molecule has 2 aromatic heterocycles. The standard InChI is InChI=1S/C23H25FN6O2S/c1-15(22(31)25-17-7-8-17)28-9-11-29(12-10-28)23(32)20-26-21(19-6-3-13-33-19)30(27-20)18-5-2-4-16(24)14-18/h2-6,13-15,17H,7-12H2,1H3,(H,25,31). The number of aromatic nitrogens is 3. The summed E-state index contributed by atoms with van der Waals surface area (Å²) >= 11 is 1.48. The molecular formula is C23H25FN6O2S. The molecule has 1 N–H and O–H groups in total. The Morgan fingerprint density at radius 2 is 1.94 bits per heavy atom. The zero-order chi connectivity index (χ0) is 22.9. The number of nitrogens with zero attached hydrogens (tertiary/aromatic N) is 5. The molecule has 3 aromatic rings. The second-order valence-corrected chi connectivity index (χ2v) is 9.36. The van der Waals surface area contributed by atoms with Gasteiger partial charge in [-0.05, 0) is 49.4 Å². The average molecular weight is 469 g/mol. The van der Waals surface area contributed by atoms with E-state index in [1.807, 2.05) is 24.4 Å². The lowest BCUT2D eigenvalue weighted by molar-refractivity contribution is -0.126. The average Bonchev–Trinajstić information content (AvgIpc) is 3.29. The van der Waals surface area contributed by atoms with Crippen LogP contribution in [-0.4, -0.2) is 74.6 Å². The van der Waals surface area contributed by atoms with Crippen molar-refractivity contribution in [2.75, 3.05) is 26.2 Å². The molecule has 1 unspecified atom stereocenters. The minimum Gasteiger partial charge on any atom is -0.352 e. The van der Waals surface area contributed by atoms with Crippen molar-refractivity contribution in [1.82, 2.24) is 29.9 Å². The SMILES string of the molecule is CC(C(=O)NC1CC1)N1CCN(C(=O)c2nc(-c3cccs3)n(-c3cccc(F)c3)n2)CC1. The first-order valence-corrected chi connectivity index (χ1v) is 12.0. The molecule has 5 rings (SSSR count). The van der Waals surface area contributed by atoms with Crippen molar-refractivity contribution >= 4 is 23.2 Å². The van der Waals surface area contributed by atoms with E-state index >= 15 is 0 Å². The number of hydrogen-bond acceptors (Lipinski definition) is 6. The van der Waals surface area contributed by atoms with Crippen molar-refractivity contribution in [3.8, 4) is 16.4 Å². The molecule has 172 valence electrons. The summed E-state index contributed by atoms with van der Waals surface area (Å²) in [6.45, 7) is 4.09. The van der Waals surface area contributed by atoms with Crippen LogP contribution in [0.2, 0.25) is 0 Å². The van der Waals surface area contributed by atoms with Crippen molar-refractivity contribution in [2.24, 2.45) is 0 Å². The van der Waals surface area contributed by atoms with Crippen molar-refractivity contribution < 1.29 is 14.0 Å². The normalized spacial score (nSPS) is 17.7. The van der Waals surface area contributed by atoms with Crippen LogP contribution in [-0.2, 0) is 4.79 Å². The highest BCUT2D eigenvalue weighted by Crippen LogP contribution is 2.26. The van der Waals surface area contributed by atoms with Gasteiger partial charge in [0, 0.05) is 32.2 Å². The molecule has 1 atom stereocenters. The van der Waals surface area contributed by atoms with Gasteiger partial charge in [0.25, 0.3) is 5.91 Å². The molecule has 2 fully saturated rings. The Labute approximate surface area is 195 Å². The van der Waals surface area contributed by atoms with Crippen LogP contribution in [0.1, 0.15) is 30.4 Å². The molecule has 1 aliphatic heterocycles. The third kappa shape index (κ3) is 4.67. The van der Waals surface area contributed by atoms with Gasteiger partial charge in [-0.25, -0.2) is 14.1 Å². The molecule has 10 heteroatoms. The van der Waals surface area contributed by atoms with E-state index in [1.54, 1.807) is 17.0 Å². The molecule has 33 heavy (non-hydrogen) atoms. The number of halogens is 1. The summed E-state index contributed by atoms with van der Waals surface area (Å²) in [6, 6.07) is 9.97. The van der Waals surface area contributed by atoms with Gasteiger partial charge in [-0.1, -0.05) is 12.1 Å². The third-order valence-corrected chi connectivity index (χ3v) is 6.91. The smallest absolute Gasteiger partial charge is 0.293 e. The van der Waals surface area contributed by atoms with Crippen LogP contribution in [0.5, 0.6) is 0 Å². The van der Waals surface area contributed by atoms with E-state index in [-0.39, 0.29) is 29.5 Å². The van der Waals surface area contributed by atoms with E-state index in [1.165, 1.54) is 28.2 Å². The first-order chi connectivity index (χ1) is 16.0. The number of nitrogens with one attached hydrogen (secondary N) is 1. The van der Waals surface area contributed by atoms with Crippen LogP contribution < -0.4 is 5.32 Å². The van der Waals surface area contributed by atoms with Crippen LogP contribution in [0, 0.1) is 5.82 Å². The summed E-state index contributed by atoms with van der Waals surface area (Å²) in [5.74, 6) is -0.0198. The van der Waals surface area contributed by atoms with E-state index in [4.69, 9.17) is 0 Å². The number of rotatable bonds is 6. The maximum atomic E-state index is 13.8. The molecule has 1 saturated carbocycles. The van der Waals surface area contributed by atoms with Crippen LogP contribution in [0.3, 0.4) is 0 Å². The molecule has 8 nitrogen and oxygen atoms in total. The van der Waals surface area contributed by atoms with E-state index in [9.17, 15) is 14.0 Å². The van der Waals surface area contributed by atoms with Gasteiger partial charge in [0.15, 0.2) is 5.82 Å². The fraction of sp³-hybridized carbons (Fsp3) is 0.391. The number of carbonyl (C=O) groups excluding carboxylic acids is 2. The number of piperazine rings is 1. The topological polar surface area (TPSA) is 83.4 Å². The van der Waals surface area contributed by atoms with Gasteiger partial charge < -0.3 is 10.2 Å². The summed E-state index contributed by atoms with van der Waals surface area (Å²) in [4.78, 5) is 34.7. The fourth-order valence-electron chi connectivity index (χ4n) is 3.92. The highest BCUT2D eigenvalue weighted by molar-refractivity contribution is 7.13. The minimum absolute atomic E-state index is 0.0494. The van der Waals surface area contributed by atoms with Gasteiger partial charge in [0.2, 0.25) is 11.7 Å². The second kappa shape index (κ2) is 9.03. The maximum absolute atomic E-state index is 13.8. The Morgan fingerprint density at radius 3 is 2.61 bits per heavy atom. The van der Waals surface area contributed by atoms with E-state index in [0.717, 1.165) is 17.7 Å². The Morgan fingerprint density at radius 1 is 1.15 bits per heavy atom. The number of carbonyl (C=O) groups is 2. The Bertz CT molecular complexity index is 1150. The quantitative estimate of drug-likeness (QED) is 0.601. The Balaban J connectivity index is 1.32. The molecule has 1 aromatic carbocycles. The van der Waals surface area contributed by atoms with E-state index in [2.05, 4.69) is 20.3 Å². The highest BCUT2D eigenvalue weighted by atomic mass is 32.1. The first kappa shape index (κ1) is 21.7. The molecule has 1 aliphatic carbocycles. The maximum Gasteiger partial charge on any atom is 0.293 e. The van der Waals surface area contributed by atoms with Gasteiger partial charge in [-0.15, -0.1) is 16.4 Å². The minimum atomic E-state index is -0.385. The summed E-state index contributed by atoms with van der Waals surface area (Å²) < 4.78 is 15.4. The van der Waals surface area contributed by atoms with E-state index in [0.29, 0.717) is 43.7 Å². The third-order valence-electron chi connectivity index (χ3n) is 6.05. The lowest BCUT2D eigenvalue weighted by atomic mass is 10.2. The van der Waals surface area contributed by atoms with Crippen LogP contribution in [0.25, 0.3) is 16.4 Å². The zero-order valence-electron chi connectivity index (χ0n) is 18.3. The molecule has 0 radical (unpaired) electrons. The fourth-order valence-corrected chi connectivity index (χ4v) is 4.62. The largest absolute Gasteiger partial charge is 0.352 e. The predicted octanol–water partition coefficient (Wildman–Crippen LogP) is 2.56. The second-order valence-electron chi connectivity index (χ2n) is 8.41. The summed E-state index contributed by atoms with van der Waals surface area (Å²) in [5, 5.41) is 9.41. The van der Waals surface area contributed by atoms with Crippen LogP contribution >= 0.6 is 11.3 Å². The van der Waals surface area contributed by atoms with Gasteiger partial charge in [0.1, 0.15) is 5.82 Å². The molecule has 3 heterocycles.